The van der Waals surface area contributed by atoms with Crippen LogP contribution in [0.3, 0.4) is 0 Å². The third kappa shape index (κ3) is 5.62. The van der Waals surface area contributed by atoms with E-state index in [1.54, 1.807) is 12.1 Å². The Balaban J connectivity index is 1.95. The van der Waals surface area contributed by atoms with Gasteiger partial charge in [0.15, 0.2) is 0 Å². The third-order valence-electron chi connectivity index (χ3n) is 3.20. The van der Waals surface area contributed by atoms with Crippen LogP contribution in [0.4, 0.5) is 18.9 Å². The predicted octanol–water partition coefficient (Wildman–Crippen LogP) is 3.02. The Morgan fingerprint density at radius 2 is 1.88 bits per heavy atom. The topological polar surface area (TPSA) is 78.4 Å². The van der Waals surface area contributed by atoms with Gasteiger partial charge in [0.1, 0.15) is 5.15 Å². The molecule has 0 atom stereocenters. The molecule has 0 fully saturated rings. The summed E-state index contributed by atoms with van der Waals surface area (Å²) in [6.45, 7) is 0.212. The van der Waals surface area contributed by atoms with Crippen LogP contribution < -0.4 is 16.1 Å². The van der Waals surface area contributed by atoms with Crippen molar-refractivity contribution in [3.8, 4) is 0 Å². The van der Waals surface area contributed by atoms with Crippen molar-refractivity contribution in [1.82, 2.24) is 15.6 Å². The average molecular weight is 386 g/mol. The van der Waals surface area contributed by atoms with Crippen molar-refractivity contribution in [2.45, 2.75) is 12.7 Å². The monoisotopic (exact) mass is 385 g/mol. The lowest BCUT2D eigenvalue weighted by Gasteiger charge is -2.09. The van der Waals surface area contributed by atoms with E-state index < -0.39 is 17.6 Å². The number of likely N-dealkylation sites (N-methyl/N-ethyl adjacent to an activating group) is 1. The molecule has 0 bridgehead atoms. The van der Waals surface area contributed by atoms with Crippen molar-refractivity contribution >= 4 is 29.0 Å². The number of benzene rings is 1. The summed E-state index contributed by atoms with van der Waals surface area (Å²) in [7, 11) is 1.50. The van der Waals surface area contributed by atoms with Gasteiger partial charge >= 0.3 is 6.18 Å². The van der Waals surface area contributed by atoms with Crippen molar-refractivity contribution in [1.29, 1.82) is 0 Å². The second-order valence-corrected chi connectivity index (χ2v) is 5.46. The Hall–Kier alpha value is -2.81. The SMILES string of the molecule is CNC(=NNc1ccc(C(F)(F)F)cc1)C(=O)NCc1ccc(Cl)nc1. The molecule has 26 heavy (non-hydrogen) atoms. The van der Waals surface area contributed by atoms with Gasteiger partial charge in [-0.3, -0.25) is 10.2 Å². The van der Waals surface area contributed by atoms with E-state index in [1.807, 2.05) is 0 Å². The first-order valence-electron chi connectivity index (χ1n) is 7.37. The summed E-state index contributed by atoms with van der Waals surface area (Å²) in [4.78, 5) is 16.0. The summed E-state index contributed by atoms with van der Waals surface area (Å²) in [5.41, 5.74) is 2.81. The highest BCUT2D eigenvalue weighted by Gasteiger charge is 2.29. The normalized spacial score (nSPS) is 11.8. The number of nitrogens with one attached hydrogen (secondary N) is 3. The van der Waals surface area contributed by atoms with E-state index in [0.717, 1.165) is 17.7 Å². The van der Waals surface area contributed by atoms with Gasteiger partial charge < -0.3 is 10.6 Å². The van der Waals surface area contributed by atoms with Crippen molar-refractivity contribution in [2.75, 3.05) is 12.5 Å². The lowest BCUT2D eigenvalue weighted by molar-refractivity contribution is -0.137. The van der Waals surface area contributed by atoms with Gasteiger partial charge in [0.25, 0.3) is 5.91 Å². The van der Waals surface area contributed by atoms with Crippen LogP contribution in [-0.2, 0) is 17.5 Å². The minimum Gasteiger partial charge on any atom is -0.367 e. The number of anilines is 1. The Kier molecular flexibility index (Phi) is 6.40. The molecule has 0 saturated heterocycles. The fourth-order valence-corrected chi connectivity index (χ4v) is 1.96. The number of hydrazone groups is 1. The summed E-state index contributed by atoms with van der Waals surface area (Å²) in [6, 6.07) is 7.59. The fourth-order valence-electron chi connectivity index (χ4n) is 1.85. The molecular formula is C16H15ClF3N5O. The number of aromatic nitrogens is 1. The summed E-state index contributed by atoms with van der Waals surface area (Å²) in [6.07, 6.45) is -2.88. The van der Waals surface area contributed by atoms with E-state index in [9.17, 15) is 18.0 Å². The van der Waals surface area contributed by atoms with Crippen molar-refractivity contribution < 1.29 is 18.0 Å². The second kappa shape index (κ2) is 8.52. The Labute approximate surface area is 152 Å². The summed E-state index contributed by atoms with van der Waals surface area (Å²) in [5, 5.41) is 9.44. The van der Waals surface area contributed by atoms with Crippen LogP contribution in [0.15, 0.2) is 47.7 Å². The van der Waals surface area contributed by atoms with Gasteiger partial charge in [0.2, 0.25) is 5.84 Å². The number of amidine groups is 1. The fraction of sp³-hybridized carbons (Fsp3) is 0.188. The molecule has 0 aliphatic heterocycles. The molecule has 6 nitrogen and oxygen atoms in total. The van der Waals surface area contributed by atoms with Crippen LogP contribution in [0.1, 0.15) is 11.1 Å². The van der Waals surface area contributed by atoms with Gasteiger partial charge in [0.05, 0.1) is 11.3 Å². The quantitative estimate of drug-likeness (QED) is 0.327. The molecule has 0 radical (unpaired) electrons. The molecule has 0 aliphatic carbocycles. The summed E-state index contributed by atoms with van der Waals surface area (Å²) < 4.78 is 37.6. The zero-order chi connectivity index (χ0) is 19.2. The van der Waals surface area contributed by atoms with E-state index in [2.05, 4.69) is 26.1 Å². The van der Waals surface area contributed by atoms with E-state index in [1.165, 1.54) is 25.4 Å². The number of alkyl halides is 3. The largest absolute Gasteiger partial charge is 0.416 e. The van der Waals surface area contributed by atoms with Gasteiger partial charge in [-0.2, -0.15) is 18.3 Å². The van der Waals surface area contributed by atoms with Crippen LogP contribution in [0.25, 0.3) is 0 Å². The maximum absolute atomic E-state index is 12.5. The first-order valence-corrected chi connectivity index (χ1v) is 7.74. The molecule has 0 aliphatic rings. The minimum atomic E-state index is -4.41. The highest BCUT2D eigenvalue weighted by Crippen LogP contribution is 2.29. The van der Waals surface area contributed by atoms with Crippen LogP contribution in [0, 0.1) is 0 Å². The highest BCUT2D eigenvalue weighted by molar-refractivity contribution is 6.37. The summed E-state index contributed by atoms with van der Waals surface area (Å²) >= 11 is 5.68. The van der Waals surface area contributed by atoms with E-state index in [0.29, 0.717) is 10.8 Å². The number of pyridine rings is 1. The van der Waals surface area contributed by atoms with Crippen molar-refractivity contribution in [3.63, 3.8) is 0 Å². The molecule has 1 amide bonds. The number of amides is 1. The zero-order valence-electron chi connectivity index (χ0n) is 13.6. The van der Waals surface area contributed by atoms with Gasteiger partial charge in [-0.05, 0) is 35.9 Å². The number of rotatable bonds is 4. The number of halogens is 4. The van der Waals surface area contributed by atoms with Gasteiger partial charge in [-0.25, -0.2) is 4.98 Å². The molecule has 0 unspecified atom stereocenters. The molecule has 0 spiro atoms. The minimum absolute atomic E-state index is 0.0354. The number of carbonyl (C=O) groups excluding carboxylic acids is 1. The number of carbonyl (C=O) groups is 1. The molecule has 0 saturated carbocycles. The average Bonchev–Trinajstić information content (AvgIpc) is 2.61. The van der Waals surface area contributed by atoms with Gasteiger partial charge in [0, 0.05) is 19.8 Å². The zero-order valence-corrected chi connectivity index (χ0v) is 14.3. The lowest BCUT2D eigenvalue weighted by Crippen LogP contribution is -2.38. The van der Waals surface area contributed by atoms with Gasteiger partial charge in [-0.15, -0.1) is 0 Å². The van der Waals surface area contributed by atoms with Crippen molar-refractivity contribution in [2.24, 2.45) is 5.10 Å². The molecular weight excluding hydrogens is 371 g/mol. The molecule has 1 aromatic heterocycles. The lowest BCUT2D eigenvalue weighted by atomic mass is 10.2. The molecule has 1 aromatic carbocycles. The van der Waals surface area contributed by atoms with E-state index in [4.69, 9.17) is 11.6 Å². The van der Waals surface area contributed by atoms with E-state index >= 15 is 0 Å². The van der Waals surface area contributed by atoms with Crippen LogP contribution >= 0.6 is 11.6 Å². The van der Waals surface area contributed by atoms with E-state index in [-0.39, 0.29) is 12.4 Å². The predicted molar refractivity (Wildman–Crippen MR) is 92.7 cm³/mol. The Morgan fingerprint density at radius 1 is 1.19 bits per heavy atom. The first kappa shape index (κ1) is 19.5. The molecule has 2 rings (SSSR count). The second-order valence-electron chi connectivity index (χ2n) is 5.07. The third-order valence-corrected chi connectivity index (χ3v) is 3.43. The van der Waals surface area contributed by atoms with Crippen LogP contribution in [0.5, 0.6) is 0 Å². The number of hydrogen-bond donors (Lipinski definition) is 3. The Bertz CT molecular complexity index is 776. The van der Waals surface area contributed by atoms with Crippen LogP contribution in [0.2, 0.25) is 5.15 Å². The highest BCUT2D eigenvalue weighted by atomic mass is 35.5. The maximum atomic E-state index is 12.5. The molecule has 1 heterocycles. The first-order chi connectivity index (χ1) is 12.3. The maximum Gasteiger partial charge on any atom is 0.416 e. The number of hydrogen-bond acceptors (Lipinski definition) is 4. The molecule has 138 valence electrons. The molecule has 2 aromatic rings. The molecule has 10 heteroatoms. The number of nitrogens with zero attached hydrogens (tertiary/aromatic N) is 2. The standard InChI is InChI=1S/C16H15ClF3N5O/c1-21-14(15(26)23-9-10-2-7-13(17)22-8-10)25-24-12-5-3-11(4-6-12)16(18,19)20/h2-8,24H,9H2,1H3,(H,21,25)(H,23,26). The van der Waals surface area contributed by atoms with Crippen molar-refractivity contribution in [3.05, 3.63) is 58.9 Å². The van der Waals surface area contributed by atoms with Gasteiger partial charge in [-0.1, -0.05) is 17.7 Å². The summed E-state index contributed by atoms with van der Waals surface area (Å²) in [5.74, 6) is -0.534. The molecule has 3 N–H and O–H groups in total. The smallest absolute Gasteiger partial charge is 0.367 e. The Morgan fingerprint density at radius 3 is 2.42 bits per heavy atom. The van der Waals surface area contributed by atoms with Crippen LogP contribution in [-0.4, -0.2) is 23.8 Å².